The van der Waals surface area contributed by atoms with E-state index < -0.39 is 0 Å². The second-order valence-electron chi connectivity index (χ2n) is 3.46. The lowest BCUT2D eigenvalue weighted by Gasteiger charge is -2.01. The molecule has 1 aliphatic carbocycles. The molecular weight excluding hydrogens is 164 g/mol. The van der Waals surface area contributed by atoms with Gasteiger partial charge in [-0.2, -0.15) is 5.10 Å². The van der Waals surface area contributed by atoms with Gasteiger partial charge in [0.25, 0.3) is 0 Å². The Morgan fingerprint density at radius 3 is 3.00 bits per heavy atom. The molecule has 0 aliphatic heterocycles. The Bertz CT molecular complexity index is 322. The molecule has 0 atom stereocenters. The molecule has 0 bridgehead atoms. The number of hydrogen-bond donors (Lipinski definition) is 1. The van der Waals surface area contributed by atoms with Crippen molar-refractivity contribution < 1.29 is 0 Å². The molecule has 0 unspecified atom stereocenters. The van der Waals surface area contributed by atoms with Crippen LogP contribution in [-0.4, -0.2) is 21.3 Å². The highest BCUT2D eigenvalue weighted by Crippen LogP contribution is 2.18. The number of aromatic nitrogens is 2. The van der Waals surface area contributed by atoms with Crippen LogP contribution in [0.1, 0.15) is 25.6 Å². The van der Waals surface area contributed by atoms with Crippen molar-refractivity contribution in [2.45, 2.75) is 25.8 Å². The van der Waals surface area contributed by atoms with Gasteiger partial charge in [0.1, 0.15) is 0 Å². The maximum atomic E-state index is 4.27. The molecule has 0 aromatic carbocycles. The van der Waals surface area contributed by atoms with E-state index in [2.05, 4.69) is 15.5 Å². The van der Waals surface area contributed by atoms with Crippen molar-refractivity contribution in [1.29, 1.82) is 0 Å². The lowest BCUT2D eigenvalue weighted by molar-refractivity contribution is 0.734. The Kier molecular flexibility index (Phi) is 2.04. The molecule has 0 radical (unpaired) electrons. The third kappa shape index (κ3) is 1.88. The molecule has 1 aromatic rings. The fourth-order valence-corrected chi connectivity index (χ4v) is 1.16. The van der Waals surface area contributed by atoms with Gasteiger partial charge in [0.05, 0.1) is 5.71 Å². The van der Waals surface area contributed by atoms with E-state index in [4.69, 9.17) is 0 Å². The van der Waals surface area contributed by atoms with E-state index in [1.165, 1.54) is 12.8 Å². The lowest BCUT2D eigenvalue weighted by atomic mass is 10.4. The van der Waals surface area contributed by atoms with E-state index >= 15 is 0 Å². The zero-order valence-corrected chi connectivity index (χ0v) is 7.99. The Hall–Kier alpha value is -1.32. The Morgan fingerprint density at radius 1 is 1.69 bits per heavy atom. The number of nitrogens with zero attached hydrogens (tertiary/aromatic N) is 3. The van der Waals surface area contributed by atoms with Crippen LogP contribution in [0.15, 0.2) is 17.5 Å². The minimum atomic E-state index is 0.607. The fraction of sp³-hybridized carbons (Fsp3) is 0.556. The topological polar surface area (TPSA) is 42.2 Å². The SMILES string of the molecule is C/C(=N/NC1CC1)c1nccn1C. The van der Waals surface area contributed by atoms with Gasteiger partial charge >= 0.3 is 0 Å². The maximum Gasteiger partial charge on any atom is 0.155 e. The zero-order chi connectivity index (χ0) is 9.26. The van der Waals surface area contributed by atoms with Crippen LogP contribution in [0, 0.1) is 0 Å². The molecule has 1 fully saturated rings. The van der Waals surface area contributed by atoms with Crippen molar-refractivity contribution in [2.24, 2.45) is 12.1 Å². The lowest BCUT2D eigenvalue weighted by Crippen LogP contribution is -2.13. The number of hydrazone groups is 1. The van der Waals surface area contributed by atoms with Gasteiger partial charge in [-0.25, -0.2) is 4.98 Å². The van der Waals surface area contributed by atoms with Crippen molar-refractivity contribution in [3.63, 3.8) is 0 Å². The number of hydrogen-bond acceptors (Lipinski definition) is 3. The van der Waals surface area contributed by atoms with Crippen molar-refractivity contribution in [2.75, 3.05) is 0 Å². The summed E-state index contributed by atoms with van der Waals surface area (Å²) in [6.07, 6.45) is 6.20. The third-order valence-corrected chi connectivity index (χ3v) is 2.14. The van der Waals surface area contributed by atoms with Crippen LogP contribution >= 0.6 is 0 Å². The van der Waals surface area contributed by atoms with E-state index in [0.29, 0.717) is 6.04 Å². The standard InChI is InChI=1S/C9H14N4/c1-7(11-12-8-3-4-8)9-10-5-6-13(9)2/h5-6,8,12H,3-4H2,1-2H3/b11-7-. The second kappa shape index (κ2) is 3.20. The Balaban J connectivity index is 2.06. The molecular formula is C9H14N4. The van der Waals surface area contributed by atoms with Gasteiger partial charge in [-0.3, -0.25) is 0 Å². The van der Waals surface area contributed by atoms with Gasteiger partial charge in [-0.1, -0.05) is 0 Å². The van der Waals surface area contributed by atoms with Crippen LogP contribution in [0.2, 0.25) is 0 Å². The minimum absolute atomic E-state index is 0.607. The van der Waals surface area contributed by atoms with E-state index in [0.717, 1.165) is 11.5 Å². The van der Waals surface area contributed by atoms with Crippen LogP contribution in [0.3, 0.4) is 0 Å². The molecule has 2 rings (SSSR count). The summed E-state index contributed by atoms with van der Waals surface area (Å²) in [6.45, 7) is 1.97. The number of aryl methyl sites for hydroxylation is 1. The van der Waals surface area contributed by atoms with E-state index in [-0.39, 0.29) is 0 Å². The normalized spacial score (nSPS) is 17.5. The number of imidazole rings is 1. The summed E-state index contributed by atoms with van der Waals surface area (Å²) in [7, 11) is 1.97. The summed E-state index contributed by atoms with van der Waals surface area (Å²) in [4.78, 5) is 4.21. The predicted molar refractivity (Wildman–Crippen MR) is 51.6 cm³/mol. The molecule has 0 saturated heterocycles. The largest absolute Gasteiger partial charge is 0.333 e. The van der Waals surface area contributed by atoms with E-state index in [1.54, 1.807) is 6.20 Å². The second-order valence-corrected chi connectivity index (χ2v) is 3.46. The first-order valence-electron chi connectivity index (χ1n) is 4.55. The van der Waals surface area contributed by atoms with Crippen LogP contribution in [0.5, 0.6) is 0 Å². The highest BCUT2D eigenvalue weighted by atomic mass is 15.3. The fourth-order valence-electron chi connectivity index (χ4n) is 1.16. The van der Waals surface area contributed by atoms with Crippen LogP contribution in [0.25, 0.3) is 0 Å². The summed E-state index contributed by atoms with van der Waals surface area (Å²) >= 11 is 0. The molecule has 4 nitrogen and oxygen atoms in total. The van der Waals surface area contributed by atoms with Gasteiger partial charge in [-0.15, -0.1) is 0 Å². The minimum Gasteiger partial charge on any atom is -0.333 e. The Morgan fingerprint density at radius 2 is 2.46 bits per heavy atom. The number of rotatable bonds is 3. The predicted octanol–water partition coefficient (Wildman–Crippen LogP) is 0.896. The third-order valence-electron chi connectivity index (χ3n) is 2.14. The molecule has 0 amide bonds. The highest BCUT2D eigenvalue weighted by Gasteiger charge is 2.20. The zero-order valence-electron chi connectivity index (χ0n) is 7.99. The molecule has 1 aliphatic rings. The highest BCUT2D eigenvalue weighted by molar-refractivity contribution is 5.95. The first-order chi connectivity index (χ1) is 6.27. The van der Waals surface area contributed by atoms with Crippen LogP contribution in [-0.2, 0) is 7.05 Å². The molecule has 1 N–H and O–H groups in total. The maximum absolute atomic E-state index is 4.27. The van der Waals surface area contributed by atoms with E-state index in [1.807, 2.05) is 24.7 Å². The van der Waals surface area contributed by atoms with Crippen LogP contribution in [0.4, 0.5) is 0 Å². The molecule has 1 heterocycles. The average Bonchev–Trinajstić information content (AvgIpc) is 2.84. The number of nitrogens with one attached hydrogen (secondary N) is 1. The molecule has 70 valence electrons. The molecule has 1 aromatic heterocycles. The van der Waals surface area contributed by atoms with Gasteiger partial charge in [0.2, 0.25) is 0 Å². The summed E-state index contributed by atoms with van der Waals surface area (Å²) in [6, 6.07) is 0.607. The summed E-state index contributed by atoms with van der Waals surface area (Å²) < 4.78 is 1.97. The molecule has 0 spiro atoms. The van der Waals surface area contributed by atoms with E-state index in [9.17, 15) is 0 Å². The first kappa shape index (κ1) is 8.29. The monoisotopic (exact) mass is 178 g/mol. The van der Waals surface area contributed by atoms with Gasteiger partial charge in [-0.05, 0) is 19.8 Å². The quantitative estimate of drug-likeness (QED) is 0.552. The van der Waals surface area contributed by atoms with Gasteiger partial charge < -0.3 is 9.99 Å². The van der Waals surface area contributed by atoms with Gasteiger partial charge in [0.15, 0.2) is 5.82 Å². The molecule has 13 heavy (non-hydrogen) atoms. The smallest absolute Gasteiger partial charge is 0.155 e. The summed E-state index contributed by atoms with van der Waals surface area (Å²) in [5, 5.41) is 4.27. The van der Waals surface area contributed by atoms with Crippen molar-refractivity contribution in [1.82, 2.24) is 15.0 Å². The van der Waals surface area contributed by atoms with Crippen molar-refractivity contribution in [3.8, 4) is 0 Å². The van der Waals surface area contributed by atoms with Crippen molar-refractivity contribution >= 4 is 5.71 Å². The van der Waals surface area contributed by atoms with Gasteiger partial charge in [0, 0.05) is 25.5 Å². The average molecular weight is 178 g/mol. The first-order valence-corrected chi connectivity index (χ1v) is 4.55. The molecule has 4 heteroatoms. The van der Waals surface area contributed by atoms with Crippen LogP contribution < -0.4 is 5.43 Å². The summed E-state index contributed by atoms with van der Waals surface area (Å²) in [5.41, 5.74) is 4.05. The van der Waals surface area contributed by atoms with Crippen molar-refractivity contribution in [3.05, 3.63) is 18.2 Å². The summed E-state index contributed by atoms with van der Waals surface area (Å²) in [5.74, 6) is 0.924. The Labute approximate surface area is 77.7 Å². The molecule has 1 saturated carbocycles.